The van der Waals surface area contributed by atoms with Gasteiger partial charge < -0.3 is 4.52 Å². The van der Waals surface area contributed by atoms with Gasteiger partial charge in [0.05, 0.1) is 11.4 Å². The van der Waals surface area contributed by atoms with Crippen molar-refractivity contribution in [1.29, 1.82) is 0 Å². The molecule has 0 spiro atoms. The van der Waals surface area contributed by atoms with E-state index in [4.69, 9.17) is 4.52 Å². The first-order valence-electron chi connectivity index (χ1n) is 11.6. The highest BCUT2D eigenvalue weighted by molar-refractivity contribution is 7.65. The van der Waals surface area contributed by atoms with Crippen LogP contribution in [0.3, 0.4) is 0 Å². The molecule has 1 aromatic rings. The van der Waals surface area contributed by atoms with Crippen LogP contribution < -0.4 is 10.4 Å². The van der Waals surface area contributed by atoms with Crippen LogP contribution >= 0.6 is 7.52 Å². The minimum atomic E-state index is -3.06. The molecule has 160 valence electrons. The quantitative estimate of drug-likeness (QED) is 0.301. The van der Waals surface area contributed by atoms with Crippen LogP contribution in [0.15, 0.2) is 30.3 Å². The average Bonchev–Trinajstić information content (AvgIpc) is 2.68. The topological polar surface area (TPSA) is 38.3 Å². The summed E-state index contributed by atoms with van der Waals surface area (Å²) in [5, 5.41) is 4.17. The molecule has 1 fully saturated rings. The van der Waals surface area contributed by atoms with Gasteiger partial charge >= 0.3 is 0 Å². The zero-order chi connectivity index (χ0) is 20.4. The summed E-state index contributed by atoms with van der Waals surface area (Å²) in [5.41, 5.74) is 0. The first kappa shape index (κ1) is 23.6. The Bertz CT molecular complexity index is 590. The molecule has 0 saturated heterocycles. The number of hydrogen-bond acceptors (Lipinski definition) is 2. The lowest BCUT2D eigenvalue weighted by Gasteiger charge is -2.39. The Morgan fingerprint density at radius 3 is 2.43 bits per heavy atom. The smallest absolute Gasteiger partial charge is 0.299 e. The summed E-state index contributed by atoms with van der Waals surface area (Å²) < 4.78 is 20.5. The zero-order valence-electron chi connectivity index (χ0n) is 18.5. The zero-order valence-corrected chi connectivity index (χ0v) is 19.4. The molecule has 0 aliphatic heterocycles. The summed E-state index contributed by atoms with van der Waals surface area (Å²) in [6, 6.07) is 9.79. The van der Waals surface area contributed by atoms with E-state index in [1.54, 1.807) is 0 Å². The second-order valence-electron chi connectivity index (χ2n) is 9.03. The van der Waals surface area contributed by atoms with Gasteiger partial charge in [0.1, 0.15) is 0 Å². The highest BCUT2D eigenvalue weighted by atomic mass is 31.2. The maximum atomic E-state index is 14.0. The predicted octanol–water partition coefficient (Wildman–Crippen LogP) is 6.93. The van der Waals surface area contributed by atoms with Crippen molar-refractivity contribution in [1.82, 2.24) is 5.09 Å². The second kappa shape index (κ2) is 12.2. The van der Waals surface area contributed by atoms with Crippen LogP contribution in [0.25, 0.3) is 0 Å². The minimum Gasteiger partial charge on any atom is -0.311 e. The molecule has 0 radical (unpaired) electrons. The summed E-state index contributed by atoms with van der Waals surface area (Å²) in [4.78, 5) is 0. The monoisotopic (exact) mass is 407 g/mol. The number of nitrogens with one attached hydrogen (secondary N) is 1. The van der Waals surface area contributed by atoms with E-state index < -0.39 is 7.52 Å². The molecule has 1 aliphatic rings. The number of unbranched alkanes of at least 4 members (excludes halogenated alkanes) is 5. The Morgan fingerprint density at radius 1 is 1.07 bits per heavy atom. The van der Waals surface area contributed by atoms with Gasteiger partial charge in [0.2, 0.25) is 0 Å². The maximum Gasteiger partial charge on any atom is 0.299 e. The largest absolute Gasteiger partial charge is 0.311 e. The summed E-state index contributed by atoms with van der Waals surface area (Å²) in [5.74, 6) is 1.69. The van der Waals surface area contributed by atoms with Gasteiger partial charge in [-0.2, -0.15) is 0 Å². The lowest BCUT2D eigenvalue weighted by atomic mass is 9.75. The molecule has 2 rings (SSSR count). The Kier molecular flexibility index (Phi) is 10.3. The van der Waals surface area contributed by atoms with E-state index in [1.807, 2.05) is 30.3 Å². The maximum absolute atomic E-state index is 14.0. The van der Waals surface area contributed by atoms with Crippen molar-refractivity contribution < 1.29 is 9.09 Å². The van der Waals surface area contributed by atoms with Crippen molar-refractivity contribution in [3.63, 3.8) is 0 Å². The fraction of sp³-hybridized carbons (Fsp3) is 0.750. The molecule has 3 nitrogen and oxygen atoms in total. The highest BCUT2D eigenvalue weighted by Gasteiger charge is 2.37. The van der Waals surface area contributed by atoms with Gasteiger partial charge in [-0.05, 0) is 49.1 Å². The van der Waals surface area contributed by atoms with Gasteiger partial charge in [-0.3, -0.25) is 4.57 Å². The Hall–Kier alpha value is -0.630. The summed E-state index contributed by atoms with van der Waals surface area (Å²) in [7, 11) is -3.06. The molecule has 1 N–H and O–H groups in total. The lowest BCUT2D eigenvalue weighted by molar-refractivity contribution is 0.0483. The standard InChI is InChI=1S/C24H42NO2P/c1-5-6-7-8-9-13-18-25-28(26,22-14-11-10-12-15-22)27-24-19-21(4)16-17-23(24)20(2)3/h10-12,14-15,20-21,23-24H,5-9,13,16-19H2,1-4H3,(H,25,26). The average molecular weight is 408 g/mol. The highest BCUT2D eigenvalue weighted by Crippen LogP contribution is 2.48. The first-order valence-corrected chi connectivity index (χ1v) is 13.2. The number of rotatable bonds is 12. The van der Waals surface area contributed by atoms with Crippen LogP contribution in [0.5, 0.6) is 0 Å². The van der Waals surface area contributed by atoms with E-state index in [0.717, 1.165) is 24.7 Å². The molecule has 28 heavy (non-hydrogen) atoms. The van der Waals surface area contributed by atoms with Crippen molar-refractivity contribution in [2.75, 3.05) is 6.54 Å². The molecule has 4 atom stereocenters. The molecule has 0 aromatic heterocycles. The van der Waals surface area contributed by atoms with Crippen LogP contribution in [-0.2, 0) is 9.09 Å². The third-order valence-electron chi connectivity index (χ3n) is 6.19. The molecule has 0 bridgehead atoms. The normalized spacial score (nSPS) is 25.0. The predicted molar refractivity (Wildman–Crippen MR) is 121 cm³/mol. The summed E-state index contributed by atoms with van der Waals surface area (Å²) >= 11 is 0. The van der Waals surface area contributed by atoms with E-state index in [9.17, 15) is 4.57 Å². The van der Waals surface area contributed by atoms with Crippen LogP contribution in [0, 0.1) is 17.8 Å². The molecule has 0 amide bonds. The van der Waals surface area contributed by atoms with Gasteiger partial charge in [0.25, 0.3) is 7.52 Å². The van der Waals surface area contributed by atoms with Crippen LogP contribution in [0.4, 0.5) is 0 Å². The molecule has 0 heterocycles. The Labute approximate surface area is 173 Å². The van der Waals surface area contributed by atoms with Crippen molar-refractivity contribution in [2.24, 2.45) is 17.8 Å². The molecule has 1 aromatic carbocycles. The molecular formula is C24H42NO2P. The van der Waals surface area contributed by atoms with Gasteiger partial charge in [0, 0.05) is 6.54 Å². The Morgan fingerprint density at radius 2 is 1.75 bits per heavy atom. The van der Waals surface area contributed by atoms with E-state index in [1.165, 1.54) is 44.9 Å². The lowest BCUT2D eigenvalue weighted by Crippen LogP contribution is -2.36. The van der Waals surface area contributed by atoms with E-state index >= 15 is 0 Å². The summed E-state index contributed by atoms with van der Waals surface area (Å²) in [6.45, 7) is 9.84. The van der Waals surface area contributed by atoms with Gasteiger partial charge in [-0.1, -0.05) is 84.4 Å². The molecule has 4 heteroatoms. The number of benzene rings is 1. The third-order valence-corrected chi connectivity index (χ3v) is 8.38. The van der Waals surface area contributed by atoms with Crippen LogP contribution in [0.2, 0.25) is 0 Å². The van der Waals surface area contributed by atoms with Crippen molar-refractivity contribution >= 4 is 12.8 Å². The van der Waals surface area contributed by atoms with Crippen molar-refractivity contribution in [3.05, 3.63) is 30.3 Å². The van der Waals surface area contributed by atoms with E-state index in [2.05, 4.69) is 32.8 Å². The summed E-state index contributed by atoms with van der Waals surface area (Å²) in [6.07, 6.45) is 10.9. The Balaban J connectivity index is 2.03. The third kappa shape index (κ3) is 7.32. The fourth-order valence-corrected chi connectivity index (χ4v) is 6.39. The first-order chi connectivity index (χ1) is 13.5. The van der Waals surface area contributed by atoms with Crippen LogP contribution in [0.1, 0.15) is 85.5 Å². The molecule has 1 aliphatic carbocycles. The van der Waals surface area contributed by atoms with Gasteiger partial charge in [-0.25, -0.2) is 5.09 Å². The molecular weight excluding hydrogens is 365 g/mol. The second-order valence-corrected chi connectivity index (χ2v) is 11.2. The van der Waals surface area contributed by atoms with Crippen molar-refractivity contribution in [2.45, 2.75) is 91.6 Å². The molecule has 1 saturated carbocycles. The van der Waals surface area contributed by atoms with Gasteiger partial charge in [-0.15, -0.1) is 0 Å². The van der Waals surface area contributed by atoms with E-state index in [-0.39, 0.29) is 6.10 Å². The van der Waals surface area contributed by atoms with E-state index in [0.29, 0.717) is 17.8 Å². The number of hydrogen-bond donors (Lipinski definition) is 1. The van der Waals surface area contributed by atoms with Crippen LogP contribution in [-0.4, -0.2) is 12.6 Å². The van der Waals surface area contributed by atoms with Gasteiger partial charge in [0.15, 0.2) is 0 Å². The minimum absolute atomic E-state index is 0.0758. The fourth-order valence-electron chi connectivity index (χ4n) is 4.37. The van der Waals surface area contributed by atoms with Crippen molar-refractivity contribution in [3.8, 4) is 0 Å². The SMILES string of the molecule is CCCCCCCCNP(=O)(OC1CC(C)CCC1C(C)C)c1ccccc1. The molecule has 4 unspecified atom stereocenters.